The molecule has 176 valence electrons. The van der Waals surface area contributed by atoms with Crippen molar-refractivity contribution in [1.29, 1.82) is 0 Å². The van der Waals surface area contributed by atoms with Crippen molar-refractivity contribution in [3.63, 3.8) is 0 Å². The molecule has 0 aliphatic carbocycles. The van der Waals surface area contributed by atoms with Crippen molar-refractivity contribution in [2.75, 3.05) is 33.3 Å². The number of imidazole rings is 1. The summed E-state index contributed by atoms with van der Waals surface area (Å²) < 4.78 is 5.59. The molecule has 4 heterocycles. The smallest absolute Gasteiger partial charge is 0.223 e. The summed E-state index contributed by atoms with van der Waals surface area (Å²) in [6.07, 6.45) is 5.67. The number of carbonyl (C=O) groups excluding carboxylic acids is 1. The molecule has 0 saturated carbocycles. The van der Waals surface area contributed by atoms with Crippen LogP contribution in [0.2, 0.25) is 0 Å². The van der Waals surface area contributed by atoms with Gasteiger partial charge in [0, 0.05) is 42.6 Å². The van der Waals surface area contributed by atoms with Crippen molar-refractivity contribution >= 4 is 28.5 Å². The van der Waals surface area contributed by atoms with Crippen LogP contribution in [0.1, 0.15) is 28.2 Å². The Balaban J connectivity index is 1.40. The van der Waals surface area contributed by atoms with Crippen molar-refractivity contribution in [3.8, 4) is 17.1 Å². The van der Waals surface area contributed by atoms with Gasteiger partial charge in [-0.1, -0.05) is 18.2 Å². The van der Waals surface area contributed by atoms with Gasteiger partial charge in [0.2, 0.25) is 5.88 Å². The average molecular weight is 477 g/mol. The normalized spacial score (nSPS) is 17.6. The first-order valence-electron chi connectivity index (χ1n) is 11.4. The summed E-state index contributed by atoms with van der Waals surface area (Å²) in [5.41, 5.74) is 2.62. The summed E-state index contributed by atoms with van der Waals surface area (Å²) in [5.74, 6) is 1.42. The van der Waals surface area contributed by atoms with Crippen LogP contribution in [-0.2, 0) is 11.3 Å². The number of hydrogen-bond acceptors (Lipinski definition) is 8. The number of fused-ring (bicyclic) bond motifs is 1. The number of aromatic amines is 1. The van der Waals surface area contributed by atoms with E-state index in [9.17, 15) is 4.79 Å². The Hall–Kier alpha value is -3.14. The lowest BCUT2D eigenvalue weighted by Crippen LogP contribution is -2.33. The van der Waals surface area contributed by atoms with Crippen LogP contribution in [0.4, 0.5) is 0 Å². The van der Waals surface area contributed by atoms with Gasteiger partial charge in [0.1, 0.15) is 12.1 Å². The molecule has 1 aliphatic heterocycles. The molecule has 8 nitrogen and oxygen atoms in total. The zero-order valence-electron chi connectivity index (χ0n) is 19.4. The van der Waals surface area contributed by atoms with Crippen molar-refractivity contribution in [1.82, 2.24) is 29.7 Å². The van der Waals surface area contributed by atoms with E-state index in [1.807, 2.05) is 43.6 Å². The number of carbonyl (C=O) groups is 1. The van der Waals surface area contributed by atoms with E-state index in [4.69, 9.17) is 9.72 Å². The van der Waals surface area contributed by atoms with Gasteiger partial charge < -0.3 is 14.5 Å². The third kappa shape index (κ3) is 4.72. The number of nitrogens with one attached hydrogen (secondary N) is 1. The van der Waals surface area contributed by atoms with Crippen molar-refractivity contribution in [2.45, 2.75) is 25.9 Å². The van der Waals surface area contributed by atoms with Crippen LogP contribution in [0, 0.1) is 6.92 Å². The third-order valence-electron chi connectivity index (χ3n) is 6.30. The fourth-order valence-electron chi connectivity index (χ4n) is 4.60. The van der Waals surface area contributed by atoms with Gasteiger partial charge >= 0.3 is 0 Å². The van der Waals surface area contributed by atoms with Crippen LogP contribution >= 0.6 is 11.3 Å². The summed E-state index contributed by atoms with van der Waals surface area (Å²) in [6, 6.07) is 10.1. The number of aldehydes is 1. The topological polar surface area (TPSA) is 87.2 Å². The van der Waals surface area contributed by atoms with E-state index in [1.54, 1.807) is 18.4 Å². The fraction of sp³-hybridized carbons (Fsp3) is 0.360. The van der Waals surface area contributed by atoms with Crippen LogP contribution in [0.15, 0.2) is 42.7 Å². The molecular formula is C25H28N6O2S. The van der Waals surface area contributed by atoms with Gasteiger partial charge in [0.25, 0.3) is 0 Å². The predicted octanol–water partition coefficient (Wildman–Crippen LogP) is 3.85. The monoisotopic (exact) mass is 476 g/mol. The SMILES string of the molecule is COc1nc2ccccc2cc1-c1cnc(C2CCN(Cc3cnc(C)s3)CCN2CC=O)[nH]1. The number of pyridine rings is 1. The van der Waals surface area contributed by atoms with Crippen molar-refractivity contribution in [3.05, 3.63) is 58.4 Å². The highest BCUT2D eigenvalue weighted by molar-refractivity contribution is 7.11. The van der Waals surface area contributed by atoms with Crippen LogP contribution in [-0.4, -0.2) is 69.3 Å². The number of aromatic nitrogens is 4. The summed E-state index contributed by atoms with van der Waals surface area (Å²) in [7, 11) is 1.63. The van der Waals surface area contributed by atoms with E-state index < -0.39 is 0 Å². The minimum atomic E-state index is 0.0338. The average Bonchev–Trinajstić information content (AvgIpc) is 3.45. The van der Waals surface area contributed by atoms with E-state index in [2.05, 4.69) is 30.8 Å². The molecule has 0 spiro atoms. The molecule has 1 unspecified atom stereocenters. The van der Waals surface area contributed by atoms with Gasteiger partial charge in [0.15, 0.2) is 0 Å². The second kappa shape index (κ2) is 10.0. The Morgan fingerprint density at radius 3 is 2.88 bits per heavy atom. The Morgan fingerprint density at radius 2 is 2.09 bits per heavy atom. The van der Waals surface area contributed by atoms with E-state index in [0.717, 1.165) is 71.9 Å². The molecule has 0 amide bonds. The van der Waals surface area contributed by atoms with Crippen molar-refractivity contribution in [2.24, 2.45) is 0 Å². The highest BCUT2D eigenvalue weighted by Crippen LogP contribution is 2.33. The maximum atomic E-state index is 11.5. The molecule has 34 heavy (non-hydrogen) atoms. The Labute approximate surface area is 202 Å². The first-order chi connectivity index (χ1) is 16.6. The molecule has 0 bridgehead atoms. The van der Waals surface area contributed by atoms with Crippen LogP contribution in [0.3, 0.4) is 0 Å². The van der Waals surface area contributed by atoms with E-state index in [-0.39, 0.29) is 6.04 Å². The lowest BCUT2D eigenvalue weighted by atomic mass is 10.1. The number of nitrogens with zero attached hydrogens (tertiary/aromatic N) is 5. The quantitative estimate of drug-likeness (QED) is 0.406. The number of H-pyrrole nitrogens is 1. The number of methoxy groups -OCH3 is 1. The number of hydrogen-bond donors (Lipinski definition) is 1. The van der Waals surface area contributed by atoms with Crippen LogP contribution < -0.4 is 4.74 Å². The molecular weight excluding hydrogens is 448 g/mol. The minimum Gasteiger partial charge on any atom is -0.480 e. The molecule has 9 heteroatoms. The zero-order chi connectivity index (χ0) is 23.5. The molecule has 3 aromatic heterocycles. The molecule has 1 saturated heterocycles. The summed E-state index contributed by atoms with van der Waals surface area (Å²) in [6.45, 7) is 5.93. The van der Waals surface area contributed by atoms with Crippen LogP contribution in [0.5, 0.6) is 5.88 Å². The molecule has 1 aromatic carbocycles. The lowest BCUT2D eigenvalue weighted by Gasteiger charge is -2.25. The Kier molecular flexibility index (Phi) is 6.66. The first-order valence-corrected chi connectivity index (χ1v) is 12.3. The summed E-state index contributed by atoms with van der Waals surface area (Å²) in [5, 5.41) is 2.13. The van der Waals surface area contributed by atoms with E-state index >= 15 is 0 Å². The van der Waals surface area contributed by atoms with Gasteiger partial charge in [-0.15, -0.1) is 11.3 Å². The maximum Gasteiger partial charge on any atom is 0.223 e. The summed E-state index contributed by atoms with van der Waals surface area (Å²) >= 11 is 1.74. The number of benzene rings is 1. The number of thiazole rings is 1. The highest BCUT2D eigenvalue weighted by Gasteiger charge is 2.28. The summed E-state index contributed by atoms with van der Waals surface area (Å²) in [4.78, 5) is 34.7. The molecule has 1 aliphatic rings. The molecule has 4 aromatic rings. The van der Waals surface area contributed by atoms with Gasteiger partial charge in [-0.05, 0) is 25.5 Å². The first kappa shape index (κ1) is 22.6. The molecule has 5 rings (SSSR count). The Bertz CT molecular complexity index is 1290. The number of rotatable bonds is 7. The minimum absolute atomic E-state index is 0.0338. The van der Waals surface area contributed by atoms with E-state index in [1.165, 1.54) is 4.88 Å². The highest BCUT2D eigenvalue weighted by atomic mass is 32.1. The number of aryl methyl sites for hydroxylation is 1. The second-order valence-electron chi connectivity index (χ2n) is 8.51. The lowest BCUT2D eigenvalue weighted by molar-refractivity contribution is -0.109. The zero-order valence-corrected chi connectivity index (χ0v) is 20.2. The van der Waals surface area contributed by atoms with E-state index in [0.29, 0.717) is 12.4 Å². The number of para-hydroxylation sites is 1. The van der Waals surface area contributed by atoms with Crippen LogP contribution in [0.25, 0.3) is 22.2 Å². The maximum absolute atomic E-state index is 11.5. The van der Waals surface area contributed by atoms with Gasteiger partial charge in [0.05, 0.1) is 47.7 Å². The standard InChI is InChI=1S/C25H28N6O2S/c1-17-26-14-19(34-17)16-30-8-7-23(31(10-9-30)11-12-32)24-27-15-22(28-24)20-13-18-5-3-4-6-21(18)29-25(20)33-2/h3-6,12-15,23H,7-11,16H2,1-2H3,(H,27,28). The van der Waals surface area contributed by atoms with Gasteiger partial charge in [-0.2, -0.15) is 0 Å². The van der Waals surface area contributed by atoms with Gasteiger partial charge in [-0.25, -0.2) is 15.0 Å². The second-order valence-corrected chi connectivity index (χ2v) is 9.83. The third-order valence-corrected chi connectivity index (χ3v) is 7.20. The Morgan fingerprint density at radius 1 is 1.21 bits per heavy atom. The van der Waals surface area contributed by atoms with Gasteiger partial charge in [-0.3, -0.25) is 9.80 Å². The predicted molar refractivity (Wildman–Crippen MR) is 133 cm³/mol. The molecule has 0 radical (unpaired) electrons. The van der Waals surface area contributed by atoms with Crippen molar-refractivity contribution < 1.29 is 9.53 Å². The molecule has 1 fully saturated rings. The molecule has 1 atom stereocenters. The number of ether oxygens (including phenoxy) is 1. The fourth-order valence-corrected chi connectivity index (χ4v) is 5.43. The largest absolute Gasteiger partial charge is 0.480 e. The molecule has 1 N–H and O–H groups in total.